The predicted octanol–water partition coefficient (Wildman–Crippen LogP) is 4.41. The second kappa shape index (κ2) is 6.87. The smallest absolute Gasteiger partial charge is 0.341 e. The van der Waals surface area contributed by atoms with Crippen molar-refractivity contribution < 1.29 is 9.53 Å². The van der Waals surface area contributed by atoms with Crippen LogP contribution in [0.4, 0.5) is 5.69 Å². The van der Waals surface area contributed by atoms with Crippen molar-refractivity contribution in [2.24, 2.45) is 5.92 Å². The van der Waals surface area contributed by atoms with Crippen molar-refractivity contribution in [3.8, 4) is 0 Å². The molecule has 1 aliphatic heterocycles. The Bertz CT molecular complexity index is 724. The fourth-order valence-corrected chi connectivity index (χ4v) is 3.57. The zero-order valence-electron chi connectivity index (χ0n) is 13.5. The minimum absolute atomic E-state index is 0.296. The van der Waals surface area contributed by atoms with Gasteiger partial charge in [-0.2, -0.15) is 0 Å². The number of hydrogen-bond donors (Lipinski definition) is 0. The van der Waals surface area contributed by atoms with Crippen LogP contribution in [0.3, 0.4) is 0 Å². The molecule has 3 rings (SSSR count). The van der Waals surface area contributed by atoms with Crippen LogP contribution in [-0.4, -0.2) is 30.6 Å². The van der Waals surface area contributed by atoms with E-state index in [1.807, 2.05) is 25.1 Å². The van der Waals surface area contributed by atoms with Crippen molar-refractivity contribution >= 4 is 38.5 Å². The van der Waals surface area contributed by atoms with Crippen LogP contribution >= 0.6 is 15.9 Å². The van der Waals surface area contributed by atoms with Gasteiger partial charge in [0.2, 0.25) is 0 Å². The molecule has 2 aromatic rings. The molecule has 0 saturated carbocycles. The lowest BCUT2D eigenvalue weighted by Gasteiger charge is -2.33. The molecule has 0 aliphatic carbocycles. The van der Waals surface area contributed by atoms with Gasteiger partial charge < -0.3 is 9.64 Å². The van der Waals surface area contributed by atoms with Gasteiger partial charge in [0, 0.05) is 29.1 Å². The summed E-state index contributed by atoms with van der Waals surface area (Å²) in [6, 6.07) is 5.99. The Morgan fingerprint density at radius 2 is 2.13 bits per heavy atom. The number of anilines is 1. The minimum Gasteiger partial charge on any atom is -0.462 e. The van der Waals surface area contributed by atoms with Crippen LogP contribution in [0.5, 0.6) is 0 Å². The van der Waals surface area contributed by atoms with E-state index in [1.54, 1.807) is 6.20 Å². The molecule has 5 heteroatoms. The SMILES string of the molecule is CCOC(=O)c1cnc2c(Br)cccc2c1N1CCC(C)CC1. The highest BCUT2D eigenvalue weighted by Crippen LogP contribution is 2.35. The van der Waals surface area contributed by atoms with Gasteiger partial charge >= 0.3 is 5.97 Å². The molecule has 1 aromatic heterocycles. The molecule has 0 unspecified atom stereocenters. The molecule has 2 heterocycles. The summed E-state index contributed by atoms with van der Waals surface area (Å²) in [6.07, 6.45) is 3.93. The fourth-order valence-electron chi connectivity index (χ4n) is 3.10. The quantitative estimate of drug-likeness (QED) is 0.744. The van der Waals surface area contributed by atoms with Crippen LogP contribution in [0.2, 0.25) is 0 Å². The first-order valence-electron chi connectivity index (χ1n) is 8.11. The number of pyridine rings is 1. The second-order valence-electron chi connectivity index (χ2n) is 6.05. The Balaban J connectivity index is 2.15. The maximum Gasteiger partial charge on any atom is 0.341 e. The van der Waals surface area contributed by atoms with Crippen LogP contribution in [0.25, 0.3) is 10.9 Å². The lowest BCUT2D eigenvalue weighted by Crippen LogP contribution is -2.34. The molecular weight excluding hydrogens is 356 g/mol. The van der Waals surface area contributed by atoms with Crippen LogP contribution in [0, 0.1) is 5.92 Å². The van der Waals surface area contributed by atoms with E-state index in [0.29, 0.717) is 12.2 Å². The van der Waals surface area contributed by atoms with Gasteiger partial charge in [-0.25, -0.2) is 4.79 Å². The van der Waals surface area contributed by atoms with Crippen molar-refractivity contribution in [2.75, 3.05) is 24.6 Å². The monoisotopic (exact) mass is 376 g/mol. The molecule has 23 heavy (non-hydrogen) atoms. The molecule has 1 aliphatic rings. The van der Waals surface area contributed by atoms with Gasteiger partial charge in [-0.15, -0.1) is 0 Å². The molecule has 0 amide bonds. The van der Waals surface area contributed by atoms with Gasteiger partial charge in [0.05, 0.1) is 17.8 Å². The van der Waals surface area contributed by atoms with E-state index < -0.39 is 0 Å². The van der Waals surface area contributed by atoms with Gasteiger partial charge in [-0.1, -0.05) is 19.1 Å². The molecular formula is C18H21BrN2O2. The highest BCUT2D eigenvalue weighted by atomic mass is 79.9. The second-order valence-corrected chi connectivity index (χ2v) is 6.90. The van der Waals surface area contributed by atoms with Crippen LogP contribution in [0.1, 0.15) is 37.0 Å². The molecule has 0 atom stereocenters. The third-order valence-corrected chi connectivity index (χ3v) is 5.05. The zero-order valence-corrected chi connectivity index (χ0v) is 15.1. The van der Waals surface area contributed by atoms with Crippen molar-refractivity contribution in [3.05, 3.63) is 34.4 Å². The summed E-state index contributed by atoms with van der Waals surface area (Å²) in [7, 11) is 0. The van der Waals surface area contributed by atoms with E-state index in [0.717, 1.165) is 52.9 Å². The van der Waals surface area contributed by atoms with Crippen molar-refractivity contribution in [1.82, 2.24) is 4.98 Å². The minimum atomic E-state index is -0.296. The van der Waals surface area contributed by atoms with E-state index in [1.165, 1.54) is 0 Å². The van der Waals surface area contributed by atoms with E-state index >= 15 is 0 Å². The summed E-state index contributed by atoms with van der Waals surface area (Å²) in [5.41, 5.74) is 2.41. The Kier molecular flexibility index (Phi) is 4.85. The van der Waals surface area contributed by atoms with E-state index in [9.17, 15) is 4.79 Å². The molecule has 0 bridgehead atoms. The number of nitrogens with zero attached hydrogens (tertiary/aromatic N) is 2. The number of ether oxygens (including phenoxy) is 1. The highest BCUT2D eigenvalue weighted by molar-refractivity contribution is 9.10. The normalized spacial score (nSPS) is 15.9. The summed E-state index contributed by atoms with van der Waals surface area (Å²) in [4.78, 5) is 19.2. The molecule has 0 spiro atoms. The number of halogens is 1. The summed E-state index contributed by atoms with van der Waals surface area (Å²) < 4.78 is 6.18. The maximum absolute atomic E-state index is 12.4. The maximum atomic E-state index is 12.4. The number of para-hydroxylation sites is 1. The zero-order chi connectivity index (χ0) is 16.4. The molecule has 0 N–H and O–H groups in total. The van der Waals surface area contributed by atoms with E-state index in [4.69, 9.17) is 4.74 Å². The van der Waals surface area contributed by atoms with Gasteiger partial charge in [0.15, 0.2) is 0 Å². The number of rotatable bonds is 3. The van der Waals surface area contributed by atoms with Crippen molar-refractivity contribution in [2.45, 2.75) is 26.7 Å². The Morgan fingerprint density at radius 3 is 2.83 bits per heavy atom. The number of carbonyl (C=O) groups is 1. The topological polar surface area (TPSA) is 42.4 Å². The molecule has 4 nitrogen and oxygen atoms in total. The number of hydrogen-bond acceptors (Lipinski definition) is 4. The average molecular weight is 377 g/mol. The number of aromatic nitrogens is 1. The molecule has 1 fully saturated rings. The van der Waals surface area contributed by atoms with Gasteiger partial charge in [-0.05, 0) is 47.7 Å². The van der Waals surface area contributed by atoms with Crippen molar-refractivity contribution in [1.29, 1.82) is 0 Å². The number of piperidine rings is 1. The first-order valence-corrected chi connectivity index (χ1v) is 8.90. The predicted molar refractivity (Wildman–Crippen MR) is 96.0 cm³/mol. The summed E-state index contributed by atoms with van der Waals surface area (Å²) in [5.74, 6) is 0.438. The third-order valence-electron chi connectivity index (χ3n) is 4.41. The summed E-state index contributed by atoms with van der Waals surface area (Å²) >= 11 is 3.56. The van der Waals surface area contributed by atoms with E-state index in [2.05, 4.69) is 32.7 Å². The standard InChI is InChI=1S/C18H21BrN2O2/c1-3-23-18(22)14-11-20-16-13(5-4-6-15(16)19)17(14)21-9-7-12(2)8-10-21/h4-6,11-12H,3,7-10H2,1-2H3. The molecule has 1 saturated heterocycles. The Labute approximate surface area is 145 Å². The van der Waals surface area contributed by atoms with Gasteiger partial charge in [0.25, 0.3) is 0 Å². The Morgan fingerprint density at radius 1 is 1.39 bits per heavy atom. The number of benzene rings is 1. The number of carbonyl (C=O) groups excluding carboxylic acids is 1. The Hall–Kier alpha value is -1.62. The number of fused-ring (bicyclic) bond motifs is 1. The third kappa shape index (κ3) is 3.20. The largest absolute Gasteiger partial charge is 0.462 e. The van der Waals surface area contributed by atoms with Crippen LogP contribution in [-0.2, 0) is 4.74 Å². The molecule has 0 radical (unpaired) electrons. The van der Waals surface area contributed by atoms with Gasteiger partial charge in [-0.3, -0.25) is 4.98 Å². The summed E-state index contributed by atoms with van der Waals surface area (Å²) in [6.45, 7) is 6.39. The van der Waals surface area contributed by atoms with E-state index in [-0.39, 0.29) is 5.97 Å². The summed E-state index contributed by atoms with van der Waals surface area (Å²) in [5, 5.41) is 1.000. The van der Waals surface area contributed by atoms with Gasteiger partial charge in [0.1, 0.15) is 5.56 Å². The fraction of sp³-hybridized carbons (Fsp3) is 0.444. The first-order chi connectivity index (χ1) is 11.1. The average Bonchev–Trinajstić information content (AvgIpc) is 2.55. The van der Waals surface area contributed by atoms with Crippen LogP contribution in [0.15, 0.2) is 28.9 Å². The molecule has 1 aromatic carbocycles. The first kappa shape index (κ1) is 16.2. The highest BCUT2D eigenvalue weighted by Gasteiger charge is 2.24. The molecule has 122 valence electrons. The number of esters is 1. The lowest BCUT2D eigenvalue weighted by atomic mass is 9.97. The van der Waals surface area contributed by atoms with Crippen molar-refractivity contribution in [3.63, 3.8) is 0 Å². The lowest BCUT2D eigenvalue weighted by molar-refractivity contribution is 0.0526. The van der Waals surface area contributed by atoms with Crippen LogP contribution < -0.4 is 4.90 Å².